The summed E-state index contributed by atoms with van der Waals surface area (Å²) in [5, 5.41) is 18.9. The first-order valence-corrected chi connectivity index (χ1v) is 7.08. The third-order valence-corrected chi connectivity index (χ3v) is 3.83. The number of benzene rings is 2. The Morgan fingerprint density at radius 2 is 1.81 bits per heavy atom. The average Bonchev–Trinajstić information content (AvgIpc) is 2.71. The zero-order valence-electron chi connectivity index (χ0n) is 11.6. The third kappa shape index (κ3) is 2.57. The van der Waals surface area contributed by atoms with Crippen molar-refractivity contribution in [3.63, 3.8) is 0 Å². The number of aromatic hydroxyl groups is 2. The molecule has 0 aromatic heterocycles. The molecule has 0 bridgehead atoms. The van der Waals surface area contributed by atoms with Gasteiger partial charge in [-0.05, 0) is 49.1 Å². The smallest absolute Gasteiger partial charge is 0.258 e. The largest absolute Gasteiger partial charge is 0.504 e. The van der Waals surface area contributed by atoms with Crippen molar-refractivity contribution in [2.75, 3.05) is 11.4 Å². The maximum absolute atomic E-state index is 12.7. The Bertz CT molecular complexity index is 681. The highest BCUT2D eigenvalue weighted by Crippen LogP contribution is 2.30. The Labute approximate surface area is 123 Å². The van der Waals surface area contributed by atoms with Crippen LogP contribution in [0.2, 0.25) is 0 Å². The quantitative estimate of drug-likeness (QED) is 0.791. The monoisotopic (exact) mass is 283 g/mol. The van der Waals surface area contributed by atoms with Crippen LogP contribution in [0.15, 0.2) is 42.5 Å². The van der Waals surface area contributed by atoms with E-state index in [4.69, 9.17) is 0 Å². The fourth-order valence-corrected chi connectivity index (χ4v) is 2.71. The second-order valence-corrected chi connectivity index (χ2v) is 5.25. The molecule has 1 aliphatic rings. The molecular weight excluding hydrogens is 266 g/mol. The number of fused-ring (bicyclic) bond motifs is 1. The molecule has 0 atom stereocenters. The van der Waals surface area contributed by atoms with E-state index in [0.717, 1.165) is 24.9 Å². The first kappa shape index (κ1) is 13.5. The fourth-order valence-electron chi connectivity index (χ4n) is 2.71. The van der Waals surface area contributed by atoms with Gasteiger partial charge in [0.05, 0.1) is 0 Å². The molecule has 3 rings (SSSR count). The number of aryl methyl sites for hydroxylation is 1. The first-order valence-electron chi connectivity index (χ1n) is 7.08. The fraction of sp³-hybridized carbons (Fsp3) is 0.235. The van der Waals surface area contributed by atoms with Crippen molar-refractivity contribution in [3.8, 4) is 11.5 Å². The maximum atomic E-state index is 12.7. The van der Waals surface area contributed by atoms with Crippen molar-refractivity contribution < 1.29 is 15.0 Å². The van der Waals surface area contributed by atoms with E-state index < -0.39 is 0 Å². The summed E-state index contributed by atoms with van der Waals surface area (Å²) in [5.41, 5.74) is 2.49. The second-order valence-electron chi connectivity index (χ2n) is 5.25. The molecule has 0 radical (unpaired) electrons. The number of hydrogen-bond donors (Lipinski definition) is 2. The number of amides is 1. The minimum atomic E-state index is -0.274. The SMILES string of the molecule is O=C(c1ccc(O)c(O)c1)N1CCCCc2ccccc21. The lowest BCUT2D eigenvalue weighted by atomic mass is 10.1. The van der Waals surface area contributed by atoms with Crippen LogP contribution in [0.1, 0.15) is 28.8 Å². The zero-order chi connectivity index (χ0) is 14.8. The molecule has 1 aliphatic heterocycles. The van der Waals surface area contributed by atoms with Gasteiger partial charge in [-0.15, -0.1) is 0 Å². The third-order valence-electron chi connectivity index (χ3n) is 3.83. The molecule has 0 saturated heterocycles. The normalized spacial score (nSPS) is 14.4. The molecule has 4 heteroatoms. The molecule has 108 valence electrons. The number of phenolic OH excluding ortho intramolecular Hbond substituents is 2. The van der Waals surface area contributed by atoms with E-state index in [1.165, 1.54) is 23.8 Å². The van der Waals surface area contributed by atoms with Gasteiger partial charge < -0.3 is 15.1 Å². The van der Waals surface area contributed by atoms with E-state index in [9.17, 15) is 15.0 Å². The summed E-state index contributed by atoms with van der Waals surface area (Å²) in [4.78, 5) is 14.5. The molecule has 1 amide bonds. The predicted octanol–water partition coefficient (Wildman–Crippen LogP) is 3.08. The van der Waals surface area contributed by atoms with Gasteiger partial charge in [0, 0.05) is 17.8 Å². The highest BCUT2D eigenvalue weighted by Gasteiger charge is 2.22. The van der Waals surface area contributed by atoms with Gasteiger partial charge in [-0.2, -0.15) is 0 Å². The molecule has 1 heterocycles. The van der Waals surface area contributed by atoms with Crippen LogP contribution in [-0.2, 0) is 6.42 Å². The molecule has 2 aromatic carbocycles. The Morgan fingerprint density at radius 1 is 1.00 bits per heavy atom. The number of anilines is 1. The van der Waals surface area contributed by atoms with Gasteiger partial charge in [-0.25, -0.2) is 0 Å². The molecule has 21 heavy (non-hydrogen) atoms. The Hall–Kier alpha value is -2.49. The van der Waals surface area contributed by atoms with Crippen LogP contribution in [0, 0.1) is 0 Å². The molecular formula is C17H17NO3. The first-order chi connectivity index (χ1) is 10.2. The Balaban J connectivity index is 1.99. The van der Waals surface area contributed by atoms with Gasteiger partial charge in [-0.1, -0.05) is 18.2 Å². The standard InChI is InChI=1S/C17H17NO3/c19-15-9-8-13(11-16(15)20)17(21)18-10-4-3-6-12-5-1-2-7-14(12)18/h1-2,5,7-9,11,19-20H,3-4,6,10H2. The lowest BCUT2D eigenvalue weighted by molar-refractivity contribution is 0.0986. The minimum absolute atomic E-state index is 0.153. The van der Waals surface area contributed by atoms with Crippen LogP contribution in [0.3, 0.4) is 0 Å². The maximum Gasteiger partial charge on any atom is 0.258 e. The van der Waals surface area contributed by atoms with Crippen LogP contribution in [0.4, 0.5) is 5.69 Å². The van der Waals surface area contributed by atoms with E-state index in [-0.39, 0.29) is 17.4 Å². The van der Waals surface area contributed by atoms with Crippen molar-refractivity contribution in [1.82, 2.24) is 0 Å². The molecule has 0 aliphatic carbocycles. The van der Waals surface area contributed by atoms with Crippen LogP contribution in [0.25, 0.3) is 0 Å². The Morgan fingerprint density at radius 3 is 2.62 bits per heavy atom. The number of carbonyl (C=O) groups excluding carboxylic acids is 1. The van der Waals surface area contributed by atoms with E-state index in [1.54, 1.807) is 4.90 Å². The molecule has 0 saturated carbocycles. The minimum Gasteiger partial charge on any atom is -0.504 e. The van der Waals surface area contributed by atoms with Gasteiger partial charge in [0.1, 0.15) is 0 Å². The Kier molecular flexibility index (Phi) is 3.52. The zero-order valence-corrected chi connectivity index (χ0v) is 11.6. The molecule has 0 spiro atoms. The molecule has 2 N–H and O–H groups in total. The van der Waals surface area contributed by atoms with Crippen molar-refractivity contribution in [1.29, 1.82) is 0 Å². The number of carbonyl (C=O) groups is 1. The number of phenols is 2. The summed E-state index contributed by atoms with van der Waals surface area (Å²) in [6, 6.07) is 12.1. The number of nitrogens with zero attached hydrogens (tertiary/aromatic N) is 1. The van der Waals surface area contributed by atoms with Gasteiger partial charge >= 0.3 is 0 Å². The van der Waals surface area contributed by atoms with Crippen molar-refractivity contribution >= 4 is 11.6 Å². The van der Waals surface area contributed by atoms with Crippen molar-refractivity contribution in [2.45, 2.75) is 19.3 Å². The summed E-state index contributed by atoms with van der Waals surface area (Å²) < 4.78 is 0. The predicted molar refractivity (Wildman–Crippen MR) is 80.8 cm³/mol. The van der Waals surface area contributed by atoms with Gasteiger partial charge in [-0.3, -0.25) is 4.79 Å². The highest BCUT2D eigenvalue weighted by atomic mass is 16.3. The molecule has 2 aromatic rings. The summed E-state index contributed by atoms with van der Waals surface area (Å²) >= 11 is 0. The van der Waals surface area contributed by atoms with E-state index >= 15 is 0 Å². The second kappa shape index (κ2) is 5.48. The van der Waals surface area contributed by atoms with Crippen molar-refractivity contribution in [3.05, 3.63) is 53.6 Å². The molecule has 4 nitrogen and oxygen atoms in total. The average molecular weight is 283 g/mol. The summed E-state index contributed by atoms with van der Waals surface area (Å²) in [6.45, 7) is 0.664. The topological polar surface area (TPSA) is 60.8 Å². The van der Waals surface area contributed by atoms with E-state index in [1.807, 2.05) is 18.2 Å². The van der Waals surface area contributed by atoms with Crippen LogP contribution in [-0.4, -0.2) is 22.7 Å². The number of hydrogen-bond acceptors (Lipinski definition) is 3. The lowest BCUT2D eigenvalue weighted by Gasteiger charge is -2.23. The number of para-hydroxylation sites is 1. The van der Waals surface area contributed by atoms with E-state index in [0.29, 0.717) is 12.1 Å². The van der Waals surface area contributed by atoms with Crippen molar-refractivity contribution in [2.24, 2.45) is 0 Å². The van der Waals surface area contributed by atoms with Crippen LogP contribution >= 0.6 is 0 Å². The summed E-state index contributed by atoms with van der Waals surface area (Å²) in [7, 11) is 0. The van der Waals surface area contributed by atoms with Crippen LogP contribution < -0.4 is 4.90 Å². The highest BCUT2D eigenvalue weighted by molar-refractivity contribution is 6.06. The van der Waals surface area contributed by atoms with Gasteiger partial charge in [0.2, 0.25) is 0 Å². The molecule has 0 fully saturated rings. The van der Waals surface area contributed by atoms with Gasteiger partial charge in [0.15, 0.2) is 11.5 Å². The summed E-state index contributed by atoms with van der Waals surface area (Å²) in [5.74, 6) is -0.647. The van der Waals surface area contributed by atoms with E-state index in [2.05, 4.69) is 6.07 Å². The number of rotatable bonds is 1. The summed E-state index contributed by atoms with van der Waals surface area (Å²) in [6.07, 6.45) is 2.98. The van der Waals surface area contributed by atoms with Gasteiger partial charge in [0.25, 0.3) is 5.91 Å². The molecule has 0 unspecified atom stereocenters. The lowest BCUT2D eigenvalue weighted by Crippen LogP contribution is -2.31. The van der Waals surface area contributed by atoms with Crippen LogP contribution in [0.5, 0.6) is 11.5 Å².